The molecular formula is C19H18ClN3O3S. The van der Waals surface area contributed by atoms with Gasteiger partial charge in [-0.15, -0.1) is 10.2 Å². The Kier molecular flexibility index (Phi) is 6.36. The molecule has 0 saturated carbocycles. The smallest absolute Gasteiger partial charge is 0.277 e. The second kappa shape index (κ2) is 8.92. The number of nitrogens with zero attached hydrogens (tertiary/aromatic N) is 2. The van der Waals surface area contributed by atoms with Crippen molar-refractivity contribution in [3.63, 3.8) is 0 Å². The first kappa shape index (κ1) is 19.3. The highest BCUT2D eigenvalue weighted by Gasteiger charge is 2.13. The summed E-state index contributed by atoms with van der Waals surface area (Å²) < 4.78 is 10.7. The number of methoxy groups -OCH3 is 1. The standard InChI is InChI=1S/C19H18ClN3O3S/c1-12(13-3-7-15(20)8-4-13)21-17(24)11-27-19-23-22-18(26-19)14-5-9-16(25-2)10-6-14/h3-10,12H,11H2,1-2H3,(H,21,24)/t12-/m0/s1. The number of carbonyl (C=O) groups excluding carboxylic acids is 1. The van der Waals surface area contributed by atoms with Crippen LogP contribution in [0.25, 0.3) is 11.5 Å². The van der Waals surface area contributed by atoms with Gasteiger partial charge in [0.15, 0.2) is 0 Å². The summed E-state index contributed by atoms with van der Waals surface area (Å²) in [6, 6.07) is 14.6. The third kappa shape index (κ3) is 5.24. The number of halogens is 1. The second-order valence-corrected chi connectivity index (χ2v) is 7.09. The van der Waals surface area contributed by atoms with Crippen LogP contribution in [0, 0.1) is 0 Å². The van der Waals surface area contributed by atoms with Gasteiger partial charge in [-0.1, -0.05) is 35.5 Å². The minimum absolute atomic E-state index is 0.118. The Hall–Kier alpha value is -2.51. The molecule has 0 radical (unpaired) electrons. The summed E-state index contributed by atoms with van der Waals surface area (Å²) >= 11 is 7.07. The van der Waals surface area contributed by atoms with Gasteiger partial charge in [0, 0.05) is 10.6 Å². The predicted molar refractivity (Wildman–Crippen MR) is 105 cm³/mol. The Bertz CT molecular complexity index is 897. The SMILES string of the molecule is COc1ccc(-c2nnc(SCC(=O)N[C@@H](C)c3ccc(Cl)cc3)o2)cc1. The van der Waals surface area contributed by atoms with Gasteiger partial charge in [-0.3, -0.25) is 4.79 Å². The van der Waals surface area contributed by atoms with E-state index in [9.17, 15) is 4.79 Å². The van der Waals surface area contributed by atoms with Gasteiger partial charge in [-0.25, -0.2) is 0 Å². The van der Waals surface area contributed by atoms with Crippen molar-refractivity contribution >= 4 is 29.3 Å². The van der Waals surface area contributed by atoms with E-state index in [1.54, 1.807) is 19.2 Å². The Morgan fingerprint density at radius 2 is 1.89 bits per heavy atom. The van der Waals surface area contributed by atoms with E-state index < -0.39 is 0 Å². The average Bonchev–Trinajstić information content (AvgIpc) is 3.16. The Morgan fingerprint density at radius 1 is 1.19 bits per heavy atom. The van der Waals surface area contributed by atoms with E-state index >= 15 is 0 Å². The van der Waals surface area contributed by atoms with Crippen LogP contribution in [0.3, 0.4) is 0 Å². The van der Waals surface area contributed by atoms with E-state index in [0.717, 1.165) is 16.9 Å². The van der Waals surface area contributed by atoms with Crippen molar-refractivity contribution in [2.45, 2.75) is 18.2 Å². The Morgan fingerprint density at radius 3 is 2.56 bits per heavy atom. The molecule has 2 aromatic carbocycles. The van der Waals surface area contributed by atoms with E-state index in [-0.39, 0.29) is 17.7 Å². The number of nitrogens with one attached hydrogen (secondary N) is 1. The molecule has 1 amide bonds. The number of amides is 1. The molecule has 140 valence electrons. The van der Waals surface area contributed by atoms with Crippen molar-refractivity contribution in [2.75, 3.05) is 12.9 Å². The number of benzene rings is 2. The molecule has 1 heterocycles. The number of aromatic nitrogens is 2. The summed E-state index contributed by atoms with van der Waals surface area (Å²) in [6.45, 7) is 1.92. The van der Waals surface area contributed by atoms with Gasteiger partial charge in [0.25, 0.3) is 5.22 Å². The zero-order valence-electron chi connectivity index (χ0n) is 14.8. The maximum absolute atomic E-state index is 12.2. The predicted octanol–water partition coefficient (Wildman–Crippen LogP) is 4.37. The highest BCUT2D eigenvalue weighted by Crippen LogP contribution is 2.25. The van der Waals surface area contributed by atoms with Crippen molar-refractivity contribution in [3.8, 4) is 17.2 Å². The fourth-order valence-corrected chi connectivity index (χ4v) is 3.06. The summed E-state index contributed by atoms with van der Waals surface area (Å²) in [5.74, 6) is 1.21. The lowest BCUT2D eigenvalue weighted by Crippen LogP contribution is -2.28. The zero-order chi connectivity index (χ0) is 19.2. The molecule has 0 aliphatic carbocycles. The van der Waals surface area contributed by atoms with E-state index in [2.05, 4.69) is 15.5 Å². The summed E-state index contributed by atoms with van der Waals surface area (Å²) in [4.78, 5) is 12.2. The van der Waals surface area contributed by atoms with Crippen molar-refractivity contribution in [3.05, 3.63) is 59.1 Å². The van der Waals surface area contributed by atoms with Crippen LogP contribution < -0.4 is 10.1 Å². The summed E-state index contributed by atoms with van der Waals surface area (Å²) in [5.41, 5.74) is 1.77. The van der Waals surface area contributed by atoms with Crippen LogP contribution in [0.1, 0.15) is 18.5 Å². The van der Waals surface area contributed by atoms with Crippen molar-refractivity contribution in [1.29, 1.82) is 0 Å². The van der Waals surface area contributed by atoms with E-state index in [1.165, 1.54) is 11.8 Å². The van der Waals surface area contributed by atoms with Gasteiger partial charge in [0.05, 0.1) is 18.9 Å². The molecule has 0 unspecified atom stereocenters. The van der Waals surface area contributed by atoms with Gasteiger partial charge in [0.2, 0.25) is 11.8 Å². The number of hydrogen-bond acceptors (Lipinski definition) is 6. The molecule has 0 aliphatic heterocycles. The molecule has 0 bridgehead atoms. The third-order valence-electron chi connectivity index (χ3n) is 3.82. The second-order valence-electron chi connectivity index (χ2n) is 5.73. The maximum atomic E-state index is 12.2. The third-order valence-corrected chi connectivity index (χ3v) is 4.89. The van der Waals surface area contributed by atoms with Crippen LogP contribution in [0.4, 0.5) is 0 Å². The molecule has 0 fully saturated rings. The van der Waals surface area contributed by atoms with Crippen LogP contribution >= 0.6 is 23.4 Å². The molecule has 3 rings (SSSR count). The lowest BCUT2D eigenvalue weighted by Gasteiger charge is -2.13. The molecule has 8 heteroatoms. The number of hydrogen-bond donors (Lipinski definition) is 1. The molecule has 3 aromatic rings. The van der Waals surface area contributed by atoms with Crippen LogP contribution in [-0.2, 0) is 4.79 Å². The Balaban J connectivity index is 1.53. The minimum Gasteiger partial charge on any atom is -0.497 e. The highest BCUT2D eigenvalue weighted by molar-refractivity contribution is 7.99. The number of ether oxygens (including phenoxy) is 1. The van der Waals surface area contributed by atoms with Crippen molar-refractivity contribution in [2.24, 2.45) is 0 Å². The summed E-state index contributed by atoms with van der Waals surface area (Å²) in [7, 11) is 1.61. The average molecular weight is 404 g/mol. The van der Waals surface area contributed by atoms with Crippen LogP contribution in [-0.4, -0.2) is 29.0 Å². The molecule has 0 aliphatic rings. The van der Waals surface area contributed by atoms with E-state index in [0.29, 0.717) is 16.1 Å². The monoisotopic (exact) mass is 403 g/mol. The van der Waals surface area contributed by atoms with Crippen LogP contribution in [0.15, 0.2) is 58.2 Å². The summed E-state index contributed by atoms with van der Waals surface area (Å²) in [5, 5.41) is 11.9. The summed E-state index contributed by atoms with van der Waals surface area (Å²) in [6.07, 6.45) is 0. The van der Waals surface area contributed by atoms with Gasteiger partial charge in [-0.2, -0.15) is 0 Å². The van der Waals surface area contributed by atoms with Gasteiger partial charge in [-0.05, 0) is 48.9 Å². The molecule has 1 aromatic heterocycles. The maximum Gasteiger partial charge on any atom is 0.277 e. The first-order valence-corrected chi connectivity index (χ1v) is 9.57. The molecule has 1 atom stereocenters. The number of thioether (sulfide) groups is 1. The van der Waals surface area contributed by atoms with Crippen LogP contribution in [0.5, 0.6) is 5.75 Å². The quantitative estimate of drug-likeness (QED) is 0.590. The number of carbonyl (C=O) groups is 1. The van der Waals surface area contributed by atoms with Gasteiger partial charge >= 0.3 is 0 Å². The molecule has 6 nitrogen and oxygen atoms in total. The Labute approximate surface area is 166 Å². The topological polar surface area (TPSA) is 77.2 Å². The molecular weight excluding hydrogens is 386 g/mol. The van der Waals surface area contributed by atoms with Crippen molar-refractivity contribution < 1.29 is 13.9 Å². The fraction of sp³-hybridized carbons (Fsp3) is 0.211. The van der Waals surface area contributed by atoms with Crippen molar-refractivity contribution in [1.82, 2.24) is 15.5 Å². The lowest BCUT2D eigenvalue weighted by atomic mass is 10.1. The lowest BCUT2D eigenvalue weighted by molar-refractivity contribution is -0.119. The van der Waals surface area contributed by atoms with Gasteiger partial charge in [0.1, 0.15) is 5.75 Å². The first-order valence-electron chi connectivity index (χ1n) is 8.20. The van der Waals surface area contributed by atoms with E-state index in [1.807, 2.05) is 43.3 Å². The number of rotatable bonds is 7. The van der Waals surface area contributed by atoms with Gasteiger partial charge < -0.3 is 14.5 Å². The zero-order valence-corrected chi connectivity index (χ0v) is 16.4. The largest absolute Gasteiger partial charge is 0.497 e. The molecule has 1 N–H and O–H groups in total. The van der Waals surface area contributed by atoms with Crippen LogP contribution in [0.2, 0.25) is 5.02 Å². The molecule has 27 heavy (non-hydrogen) atoms. The normalized spacial score (nSPS) is 11.8. The molecule has 0 saturated heterocycles. The minimum atomic E-state index is -0.119. The first-order chi connectivity index (χ1) is 13.0. The molecule has 0 spiro atoms. The van der Waals surface area contributed by atoms with E-state index in [4.69, 9.17) is 20.8 Å². The fourth-order valence-electron chi connectivity index (χ4n) is 2.36. The highest BCUT2D eigenvalue weighted by atomic mass is 35.5.